The third-order valence-electron chi connectivity index (χ3n) is 3.18. The highest BCUT2D eigenvalue weighted by Crippen LogP contribution is 2.19. The Balaban J connectivity index is 2.01. The Bertz CT molecular complexity index is 555. The molecule has 0 amide bonds. The molecule has 1 aromatic rings. The highest BCUT2D eigenvalue weighted by Gasteiger charge is 2.19. The molecule has 5 nitrogen and oxygen atoms in total. The van der Waals surface area contributed by atoms with Gasteiger partial charge in [-0.05, 0) is 37.6 Å². The van der Waals surface area contributed by atoms with Crippen molar-refractivity contribution in [2.75, 3.05) is 26.2 Å². The summed E-state index contributed by atoms with van der Waals surface area (Å²) in [5, 5.41) is 3.65. The first kappa shape index (κ1) is 15.7. The van der Waals surface area contributed by atoms with Gasteiger partial charge in [-0.3, -0.25) is 0 Å². The van der Waals surface area contributed by atoms with Gasteiger partial charge in [0.15, 0.2) is 0 Å². The lowest BCUT2D eigenvalue weighted by Crippen LogP contribution is -2.38. The minimum absolute atomic E-state index is 0.145. The molecule has 2 N–H and O–H groups in total. The zero-order valence-corrected chi connectivity index (χ0v) is 12.9. The summed E-state index contributed by atoms with van der Waals surface area (Å²) >= 11 is 5.96. The number of rotatable bonds is 4. The first-order chi connectivity index (χ1) is 9.49. The molecule has 1 unspecified atom stereocenters. The quantitative estimate of drug-likeness (QED) is 0.878. The second-order valence-electron chi connectivity index (χ2n) is 4.81. The van der Waals surface area contributed by atoms with E-state index in [4.69, 9.17) is 16.3 Å². The molecule has 1 saturated heterocycles. The summed E-state index contributed by atoms with van der Waals surface area (Å²) in [6, 6.07) is 4.71. The molecule has 1 aliphatic rings. The van der Waals surface area contributed by atoms with Crippen LogP contribution in [0.2, 0.25) is 5.02 Å². The predicted octanol–water partition coefficient (Wildman–Crippen LogP) is 1.31. The van der Waals surface area contributed by atoms with Crippen LogP contribution in [0, 0.1) is 6.92 Å². The molecule has 20 heavy (non-hydrogen) atoms. The standard InChI is InChI=1S/C13H19ClN2O3S/c1-10-3-4-12(7-13(10)14)20(17,18)16-9-11-8-15-5-2-6-19-11/h3-4,7,11,15-16H,2,5-6,8-9H2,1H3. The molecule has 0 saturated carbocycles. The van der Waals surface area contributed by atoms with E-state index >= 15 is 0 Å². The summed E-state index contributed by atoms with van der Waals surface area (Å²) in [5.41, 5.74) is 0.849. The number of benzene rings is 1. The maximum absolute atomic E-state index is 12.2. The van der Waals surface area contributed by atoms with Crippen LogP contribution in [0.25, 0.3) is 0 Å². The minimum Gasteiger partial charge on any atom is -0.375 e. The van der Waals surface area contributed by atoms with E-state index in [1.54, 1.807) is 12.1 Å². The Hall–Kier alpha value is -0.660. The normalized spacial score (nSPS) is 20.6. The zero-order chi connectivity index (χ0) is 14.6. The van der Waals surface area contributed by atoms with E-state index in [2.05, 4.69) is 10.0 Å². The third-order valence-corrected chi connectivity index (χ3v) is 5.01. The van der Waals surface area contributed by atoms with Crippen molar-refractivity contribution >= 4 is 21.6 Å². The van der Waals surface area contributed by atoms with Crippen molar-refractivity contribution in [2.24, 2.45) is 0 Å². The van der Waals surface area contributed by atoms with Gasteiger partial charge in [-0.15, -0.1) is 0 Å². The van der Waals surface area contributed by atoms with Gasteiger partial charge in [0.1, 0.15) is 0 Å². The van der Waals surface area contributed by atoms with E-state index in [0.717, 1.165) is 18.5 Å². The molecule has 1 fully saturated rings. The predicted molar refractivity (Wildman–Crippen MR) is 78.6 cm³/mol. The lowest BCUT2D eigenvalue weighted by molar-refractivity contribution is 0.0707. The SMILES string of the molecule is Cc1ccc(S(=O)(=O)NCC2CNCCCO2)cc1Cl. The lowest BCUT2D eigenvalue weighted by atomic mass is 10.2. The molecule has 7 heteroatoms. The monoisotopic (exact) mass is 318 g/mol. The van der Waals surface area contributed by atoms with Crippen LogP contribution in [-0.4, -0.2) is 40.8 Å². The maximum Gasteiger partial charge on any atom is 0.240 e. The molecule has 1 aliphatic heterocycles. The summed E-state index contributed by atoms with van der Waals surface area (Å²) in [7, 11) is -3.55. The van der Waals surface area contributed by atoms with Crippen LogP contribution >= 0.6 is 11.6 Å². The van der Waals surface area contributed by atoms with Crippen LogP contribution in [-0.2, 0) is 14.8 Å². The van der Waals surface area contributed by atoms with E-state index in [0.29, 0.717) is 18.2 Å². The molecular weight excluding hydrogens is 300 g/mol. The van der Waals surface area contributed by atoms with Crippen LogP contribution in [0.4, 0.5) is 0 Å². The summed E-state index contributed by atoms with van der Waals surface area (Å²) < 4.78 is 32.5. The number of ether oxygens (including phenoxy) is 1. The number of halogens is 1. The van der Waals surface area contributed by atoms with Gasteiger partial charge in [0, 0.05) is 24.7 Å². The Kier molecular flexibility index (Phi) is 5.40. The lowest BCUT2D eigenvalue weighted by Gasteiger charge is -2.16. The fraction of sp³-hybridized carbons (Fsp3) is 0.538. The largest absolute Gasteiger partial charge is 0.375 e. The Morgan fingerprint density at radius 3 is 3.05 bits per heavy atom. The fourth-order valence-corrected chi connectivity index (χ4v) is 3.26. The van der Waals surface area contributed by atoms with E-state index < -0.39 is 10.0 Å². The van der Waals surface area contributed by atoms with Gasteiger partial charge in [-0.25, -0.2) is 13.1 Å². The van der Waals surface area contributed by atoms with Gasteiger partial charge in [0.2, 0.25) is 10.0 Å². The summed E-state index contributed by atoms with van der Waals surface area (Å²) in [6.07, 6.45) is 0.796. The number of hydrogen-bond acceptors (Lipinski definition) is 4. The summed E-state index contributed by atoms with van der Waals surface area (Å²) in [4.78, 5) is 0.176. The molecular formula is C13H19ClN2O3S. The smallest absolute Gasteiger partial charge is 0.240 e. The van der Waals surface area contributed by atoms with E-state index in [-0.39, 0.29) is 17.5 Å². The second-order valence-corrected chi connectivity index (χ2v) is 6.99. The third kappa shape index (κ3) is 4.17. The number of aryl methyl sites for hydroxylation is 1. The molecule has 112 valence electrons. The van der Waals surface area contributed by atoms with Crippen LogP contribution in [0.15, 0.2) is 23.1 Å². The van der Waals surface area contributed by atoms with Crippen molar-refractivity contribution in [2.45, 2.75) is 24.3 Å². The van der Waals surface area contributed by atoms with E-state index in [9.17, 15) is 8.42 Å². The van der Waals surface area contributed by atoms with Gasteiger partial charge < -0.3 is 10.1 Å². The van der Waals surface area contributed by atoms with Crippen LogP contribution in [0.1, 0.15) is 12.0 Å². The Labute approximate surface area is 124 Å². The van der Waals surface area contributed by atoms with Crippen LogP contribution < -0.4 is 10.0 Å². The zero-order valence-electron chi connectivity index (χ0n) is 11.4. The Morgan fingerprint density at radius 2 is 2.30 bits per heavy atom. The van der Waals surface area contributed by atoms with Gasteiger partial charge >= 0.3 is 0 Å². The van der Waals surface area contributed by atoms with Crippen molar-refractivity contribution in [3.8, 4) is 0 Å². The number of nitrogens with one attached hydrogen (secondary N) is 2. The number of hydrogen-bond donors (Lipinski definition) is 2. The van der Waals surface area contributed by atoms with E-state index in [1.807, 2.05) is 6.92 Å². The van der Waals surface area contributed by atoms with Crippen LogP contribution in [0.3, 0.4) is 0 Å². The van der Waals surface area contributed by atoms with Gasteiger partial charge in [-0.1, -0.05) is 17.7 Å². The first-order valence-electron chi connectivity index (χ1n) is 6.57. The van der Waals surface area contributed by atoms with E-state index in [1.165, 1.54) is 6.07 Å². The minimum atomic E-state index is -3.55. The van der Waals surface area contributed by atoms with Crippen LogP contribution in [0.5, 0.6) is 0 Å². The molecule has 0 bridgehead atoms. The first-order valence-corrected chi connectivity index (χ1v) is 8.43. The number of sulfonamides is 1. The highest BCUT2D eigenvalue weighted by molar-refractivity contribution is 7.89. The molecule has 0 aromatic heterocycles. The summed E-state index contributed by atoms with van der Waals surface area (Å²) in [6.45, 7) is 4.28. The molecule has 1 heterocycles. The fourth-order valence-electron chi connectivity index (χ4n) is 1.93. The van der Waals surface area contributed by atoms with Gasteiger partial charge in [-0.2, -0.15) is 0 Å². The van der Waals surface area contributed by atoms with Crippen molar-refractivity contribution < 1.29 is 13.2 Å². The molecule has 0 spiro atoms. The second kappa shape index (κ2) is 6.87. The Morgan fingerprint density at radius 1 is 1.50 bits per heavy atom. The van der Waals surface area contributed by atoms with Gasteiger partial charge in [0.25, 0.3) is 0 Å². The molecule has 2 rings (SSSR count). The van der Waals surface area contributed by atoms with Gasteiger partial charge in [0.05, 0.1) is 11.0 Å². The van der Waals surface area contributed by atoms with Crippen molar-refractivity contribution in [1.29, 1.82) is 0 Å². The summed E-state index contributed by atoms with van der Waals surface area (Å²) in [5.74, 6) is 0. The molecule has 0 radical (unpaired) electrons. The average Bonchev–Trinajstić information content (AvgIpc) is 2.68. The van der Waals surface area contributed by atoms with Crippen molar-refractivity contribution in [1.82, 2.24) is 10.0 Å². The molecule has 1 aromatic carbocycles. The molecule has 0 aliphatic carbocycles. The van der Waals surface area contributed by atoms with Crippen molar-refractivity contribution in [3.05, 3.63) is 28.8 Å². The maximum atomic E-state index is 12.2. The highest BCUT2D eigenvalue weighted by atomic mass is 35.5. The van der Waals surface area contributed by atoms with Crippen molar-refractivity contribution in [3.63, 3.8) is 0 Å². The average molecular weight is 319 g/mol. The molecule has 1 atom stereocenters. The topological polar surface area (TPSA) is 67.4 Å².